The molecule has 1 atom stereocenters. The van der Waals surface area contributed by atoms with E-state index in [4.69, 9.17) is 0 Å². The lowest BCUT2D eigenvalue weighted by Crippen LogP contribution is -2.26. The fourth-order valence-electron chi connectivity index (χ4n) is 2.14. The van der Waals surface area contributed by atoms with Gasteiger partial charge >= 0.3 is 0 Å². The molecule has 2 aromatic heterocycles. The molecule has 0 spiro atoms. The van der Waals surface area contributed by atoms with Gasteiger partial charge in [0.25, 0.3) is 0 Å². The molecular formula is C14H19BrN4. The van der Waals surface area contributed by atoms with Gasteiger partial charge in [0.15, 0.2) is 0 Å². The third-order valence-corrected chi connectivity index (χ3v) is 3.54. The number of hydrogen-bond donors (Lipinski definition) is 1. The number of rotatable bonds is 6. The number of halogens is 1. The maximum absolute atomic E-state index is 4.47. The summed E-state index contributed by atoms with van der Waals surface area (Å²) >= 11 is 3.60. The zero-order valence-electron chi connectivity index (χ0n) is 11.3. The van der Waals surface area contributed by atoms with Crippen LogP contribution >= 0.6 is 15.9 Å². The van der Waals surface area contributed by atoms with Gasteiger partial charge in [-0.1, -0.05) is 19.9 Å². The monoisotopic (exact) mass is 322 g/mol. The Bertz CT molecular complexity index is 509. The average molecular weight is 323 g/mol. The van der Waals surface area contributed by atoms with Crippen molar-refractivity contribution in [3.63, 3.8) is 0 Å². The van der Waals surface area contributed by atoms with Crippen LogP contribution in [0.2, 0.25) is 0 Å². The van der Waals surface area contributed by atoms with Crippen molar-refractivity contribution in [2.24, 2.45) is 0 Å². The van der Waals surface area contributed by atoms with Crippen molar-refractivity contribution in [3.05, 3.63) is 46.5 Å². The first kappa shape index (κ1) is 14.2. The number of aryl methyl sites for hydroxylation is 1. The minimum Gasteiger partial charge on any atom is -0.304 e. The van der Waals surface area contributed by atoms with Gasteiger partial charge in [-0.25, -0.2) is 0 Å². The molecule has 0 saturated carbocycles. The topological polar surface area (TPSA) is 42.7 Å². The van der Waals surface area contributed by atoms with Crippen LogP contribution in [0.4, 0.5) is 0 Å². The summed E-state index contributed by atoms with van der Waals surface area (Å²) in [5.41, 5.74) is 2.16. The molecule has 1 unspecified atom stereocenters. The highest BCUT2D eigenvalue weighted by molar-refractivity contribution is 9.10. The SMILES string of the molecule is CCCn1ncc(Br)c1C(NCC)c1ccccn1. The molecule has 0 radical (unpaired) electrons. The van der Waals surface area contributed by atoms with Crippen LogP contribution in [0.3, 0.4) is 0 Å². The van der Waals surface area contributed by atoms with Crippen molar-refractivity contribution < 1.29 is 0 Å². The molecule has 2 rings (SSSR count). The average Bonchev–Trinajstić information content (AvgIpc) is 2.79. The smallest absolute Gasteiger partial charge is 0.0933 e. The van der Waals surface area contributed by atoms with Gasteiger partial charge in [-0.05, 0) is 41.0 Å². The molecule has 0 amide bonds. The first-order valence-corrected chi connectivity index (χ1v) is 7.42. The second-order valence-electron chi connectivity index (χ2n) is 4.35. The van der Waals surface area contributed by atoms with E-state index >= 15 is 0 Å². The molecule has 0 aromatic carbocycles. The van der Waals surface area contributed by atoms with E-state index in [1.807, 2.05) is 35.3 Å². The van der Waals surface area contributed by atoms with Crippen molar-refractivity contribution in [2.75, 3.05) is 6.54 Å². The maximum Gasteiger partial charge on any atom is 0.0933 e. The third-order valence-electron chi connectivity index (χ3n) is 2.93. The summed E-state index contributed by atoms with van der Waals surface area (Å²) in [5.74, 6) is 0. The van der Waals surface area contributed by atoms with Crippen LogP contribution in [-0.2, 0) is 6.54 Å². The minimum absolute atomic E-state index is 0.0645. The lowest BCUT2D eigenvalue weighted by molar-refractivity contribution is 0.513. The lowest BCUT2D eigenvalue weighted by atomic mass is 10.1. The van der Waals surface area contributed by atoms with Gasteiger partial charge < -0.3 is 5.32 Å². The van der Waals surface area contributed by atoms with E-state index in [1.165, 1.54) is 0 Å². The standard InChI is InChI=1S/C14H19BrN4/c1-3-9-19-14(11(15)10-18-19)13(16-4-2)12-7-5-6-8-17-12/h5-8,10,13,16H,3-4,9H2,1-2H3. The molecule has 102 valence electrons. The summed E-state index contributed by atoms with van der Waals surface area (Å²) in [6, 6.07) is 6.06. The predicted octanol–water partition coefficient (Wildman–Crippen LogP) is 3.15. The normalized spacial score (nSPS) is 12.6. The Morgan fingerprint density at radius 3 is 2.84 bits per heavy atom. The fraction of sp³-hybridized carbons (Fsp3) is 0.429. The number of hydrogen-bond acceptors (Lipinski definition) is 3. The summed E-state index contributed by atoms with van der Waals surface area (Å²) in [5, 5.41) is 7.92. The van der Waals surface area contributed by atoms with Gasteiger partial charge in [-0.3, -0.25) is 9.67 Å². The molecule has 0 bridgehead atoms. The Morgan fingerprint density at radius 2 is 2.21 bits per heavy atom. The van der Waals surface area contributed by atoms with E-state index in [1.54, 1.807) is 0 Å². The summed E-state index contributed by atoms with van der Waals surface area (Å²) in [6.07, 6.45) is 4.74. The third kappa shape index (κ3) is 3.22. The second kappa shape index (κ2) is 6.82. The molecule has 0 fully saturated rings. The fourth-order valence-corrected chi connectivity index (χ4v) is 2.67. The van der Waals surface area contributed by atoms with Gasteiger partial charge in [0.2, 0.25) is 0 Å². The van der Waals surface area contributed by atoms with Crippen LogP contribution in [-0.4, -0.2) is 21.3 Å². The number of nitrogens with one attached hydrogen (secondary N) is 1. The Kier molecular flexibility index (Phi) is 5.10. The van der Waals surface area contributed by atoms with Crippen LogP contribution in [0.25, 0.3) is 0 Å². The van der Waals surface area contributed by atoms with Crippen LogP contribution < -0.4 is 5.32 Å². The Labute approximate surface area is 122 Å². The summed E-state index contributed by atoms with van der Waals surface area (Å²) in [6.45, 7) is 6.05. The highest BCUT2D eigenvalue weighted by Crippen LogP contribution is 2.27. The van der Waals surface area contributed by atoms with Crippen LogP contribution in [0.15, 0.2) is 35.1 Å². The molecule has 0 aliphatic rings. The zero-order valence-corrected chi connectivity index (χ0v) is 12.9. The second-order valence-corrected chi connectivity index (χ2v) is 5.20. The summed E-state index contributed by atoms with van der Waals surface area (Å²) < 4.78 is 3.07. The van der Waals surface area contributed by atoms with E-state index < -0.39 is 0 Å². The van der Waals surface area contributed by atoms with E-state index in [9.17, 15) is 0 Å². The molecule has 1 N–H and O–H groups in total. The molecule has 0 saturated heterocycles. The molecule has 0 aliphatic carbocycles. The molecule has 4 nitrogen and oxygen atoms in total. The summed E-state index contributed by atoms with van der Waals surface area (Å²) in [4.78, 5) is 4.47. The van der Waals surface area contributed by atoms with Crippen molar-refractivity contribution in [1.82, 2.24) is 20.1 Å². The van der Waals surface area contributed by atoms with Gasteiger partial charge in [-0.2, -0.15) is 5.10 Å². The molecule has 19 heavy (non-hydrogen) atoms. The quantitative estimate of drug-likeness (QED) is 0.888. The van der Waals surface area contributed by atoms with Crippen LogP contribution in [0.1, 0.15) is 37.7 Å². The number of aromatic nitrogens is 3. The van der Waals surface area contributed by atoms with Gasteiger partial charge in [-0.15, -0.1) is 0 Å². The predicted molar refractivity (Wildman–Crippen MR) is 80.0 cm³/mol. The van der Waals surface area contributed by atoms with Gasteiger partial charge in [0.1, 0.15) is 0 Å². The molecule has 2 aromatic rings. The molecule has 2 heterocycles. The van der Waals surface area contributed by atoms with Gasteiger partial charge in [0.05, 0.1) is 28.1 Å². The van der Waals surface area contributed by atoms with Crippen molar-refractivity contribution >= 4 is 15.9 Å². The van der Waals surface area contributed by atoms with E-state index in [0.717, 1.165) is 35.4 Å². The maximum atomic E-state index is 4.47. The molecular weight excluding hydrogens is 304 g/mol. The van der Waals surface area contributed by atoms with Crippen molar-refractivity contribution in [3.8, 4) is 0 Å². The van der Waals surface area contributed by atoms with Gasteiger partial charge in [0, 0.05) is 12.7 Å². The molecule has 0 aliphatic heterocycles. The van der Waals surface area contributed by atoms with Crippen LogP contribution in [0, 0.1) is 0 Å². The minimum atomic E-state index is 0.0645. The zero-order chi connectivity index (χ0) is 13.7. The Balaban J connectivity index is 2.42. The first-order valence-electron chi connectivity index (χ1n) is 6.63. The highest BCUT2D eigenvalue weighted by Gasteiger charge is 2.21. The summed E-state index contributed by atoms with van der Waals surface area (Å²) in [7, 11) is 0. The van der Waals surface area contributed by atoms with Crippen molar-refractivity contribution in [2.45, 2.75) is 32.9 Å². The highest BCUT2D eigenvalue weighted by atomic mass is 79.9. The van der Waals surface area contributed by atoms with E-state index in [-0.39, 0.29) is 6.04 Å². The van der Waals surface area contributed by atoms with E-state index in [2.05, 4.69) is 45.2 Å². The Hall–Kier alpha value is -1.20. The van der Waals surface area contributed by atoms with Crippen molar-refractivity contribution in [1.29, 1.82) is 0 Å². The van der Waals surface area contributed by atoms with E-state index in [0.29, 0.717) is 0 Å². The number of pyridine rings is 1. The largest absolute Gasteiger partial charge is 0.304 e. The Morgan fingerprint density at radius 1 is 1.37 bits per heavy atom. The number of nitrogens with zero attached hydrogens (tertiary/aromatic N) is 3. The first-order chi connectivity index (χ1) is 9.27. The molecule has 5 heteroatoms. The lowest BCUT2D eigenvalue weighted by Gasteiger charge is -2.19. The van der Waals surface area contributed by atoms with Crippen LogP contribution in [0.5, 0.6) is 0 Å².